The van der Waals surface area contributed by atoms with Crippen molar-refractivity contribution in [3.05, 3.63) is 46.2 Å². The molecule has 0 radical (unpaired) electrons. The molecule has 5 heteroatoms. The number of carboxylic acid groups (broad SMARTS) is 1. The molecular formula is C12H11NO4. The third-order valence-corrected chi connectivity index (χ3v) is 2.42. The van der Waals surface area contributed by atoms with Gasteiger partial charge < -0.3 is 9.63 Å². The summed E-state index contributed by atoms with van der Waals surface area (Å²) in [6.07, 6.45) is 0.0633. The van der Waals surface area contributed by atoms with Crippen molar-refractivity contribution in [3.63, 3.8) is 0 Å². The highest BCUT2D eigenvalue weighted by molar-refractivity contribution is 5.68. The molecule has 0 aliphatic carbocycles. The lowest BCUT2D eigenvalue weighted by atomic mass is 10.1. The fourth-order valence-corrected chi connectivity index (χ4v) is 1.61. The van der Waals surface area contributed by atoms with Gasteiger partial charge in [0.2, 0.25) is 0 Å². The smallest absolute Gasteiger partial charge is 0.303 e. The lowest BCUT2D eigenvalue weighted by molar-refractivity contribution is -0.136. The summed E-state index contributed by atoms with van der Waals surface area (Å²) in [5, 5.41) is 10.9. The number of hydrogen-bond donors (Lipinski definition) is 2. The van der Waals surface area contributed by atoms with E-state index in [1.54, 1.807) is 12.1 Å². The monoisotopic (exact) mass is 233 g/mol. The minimum absolute atomic E-state index is 0.0948. The summed E-state index contributed by atoms with van der Waals surface area (Å²) in [5.74, 6) is -0.526. The largest absolute Gasteiger partial charge is 0.481 e. The molecule has 0 spiro atoms. The van der Waals surface area contributed by atoms with Crippen molar-refractivity contribution in [3.8, 4) is 11.3 Å². The second-order valence-corrected chi connectivity index (χ2v) is 3.60. The van der Waals surface area contributed by atoms with Gasteiger partial charge in [0.05, 0.1) is 5.56 Å². The zero-order valence-electron chi connectivity index (χ0n) is 8.97. The molecule has 0 fully saturated rings. The minimum atomic E-state index is -0.940. The third kappa shape index (κ3) is 2.44. The van der Waals surface area contributed by atoms with Crippen molar-refractivity contribution < 1.29 is 14.4 Å². The molecule has 1 aromatic heterocycles. The fraction of sp³-hybridized carbons (Fsp3) is 0.167. The van der Waals surface area contributed by atoms with Gasteiger partial charge >= 0.3 is 5.97 Å². The predicted octanol–water partition coefficient (Wildman–Crippen LogP) is 1.65. The molecule has 1 heterocycles. The molecule has 88 valence electrons. The second kappa shape index (κ2) is 4.69. The first-order valence-corrected chi connectivity index (χ1v) is 5.16. The SMILES string of the molecule is O=C(O)CCc1c(-c2ccccc2)o[nH]c1=O. The predicted molar refractivity (Wildman–Crippen MR) is 60.7 cm³/mol. The Morgan fingerprint density at radius 3 is 2.65 bits per heavy atom. The normalized spacial score (nSPS) is 10.4. The Balaban J connectivity index is 2.36. The van der Waals surface area contributed by atoms with Crippen molar-refractivity contribution in [1.82, 2.24) is 5.16 Å². The molecule has 2 rings (SSSR count). The first-order valence-electron chi connectivity index (χ1n) is 5.16. The number of H-pyrrole nitrogens is 1. The van der Waals surface area contributed by atoms with Gasteiger partial charge in [-0.2, -0.15) is 5.16 Å². The van der Waals surface area contributed by atoms with Crippen LogP contribution in [0.5, 0.6) is 0 Å². The van der Waals surface area contributed by atoms with E-state index < -0.39 is 5.97 Å². The molecule has 0 saturated carbocycles. The maximum absolute atomic E-state index is 11.5. The van der Waals surface area contributed by atoms with Gasteiger partial charge in [-0.15, -0.1) is 0 Å². The molecular weight excluding hydrogens is 222 g/mol. The molecule has 1 aromatic carbocycles. The first-order chi connectivity index (χ1) is 8.18. The summed E-state index contributed by atoms with van der Waals surface area (Å²) in [7, 11) is 0. The maximum Gasteiger partial charge on any atom is 0.303 e. The number of aromatic amines is 1. The van der Waals surface area contributed by atoms with Crippen molar-refractivity contribution in [1.29, 1.82) is 0 Å². The van der Waals surface area contributed by atoms with Gasteiger partial charge in [-0.1, -0.05) is 30.3 Å². The Morgan fingerprint density at radius 1 is 1.29 bits per heavy atom. The molecule has 2 aromatic rings. The lowest BCUT2D eigenvalue weighted by Crippen LogP contribution is -2.08. The van der Waals surface area contributed by atoms with E-state index in [1.165, 1.54) is 0 Å². The minimum Gasteiger partial charge on any atom is -0.481 e. The van der Waals surface area contributed by atoms with Gasteiger partial charge in [0.1, 0.15) is 0 Å². The zero-order valence-corrected chi connectivity index (χ0v) is 8.97. The van der Waals surface area contributed by atoms with E-state index in [9.17, 15) is 9.59 Å². The van der Waals surface area contributed by atoms with Gasteiger partial charge in [-0.25, -0.2) is 0 Å². The van der Waals surface area contributed by atoms with Crippen LogP contribution < -0.4 is 5.56 Å². The number of hydrogen-bond acceptors (Lipinski definition) is 3. The Labute approximate surface area is 96.7 Å². The van der Waals surface area contributed by atoms with Crippen molar-refractivity contribution in [2.24, 2.45) is 0 Å². The summed E-state index contributed by atoms with van der Waals surface area (Å²) in [6, 6.07) is 9.10. The molecule has 0 aliphatic heterocycles. The van der Waals surface area contributed by atoms with Crippen LogP contribution in [0.3, 0.4) is 0 Å². The van der Waals surface area contributed by atoms with Crippen LogP contribution in [0.4, 0.5) is 0 Å². The summed E-state index contributed by atoms with van der Waals surface area (Å²) in [6.45, 7) is 0. The van der Waals surface area contributed by atoms with E-state index in [0.29, 0.717) is 11.3 Å². The summed E-state index contributed by atoms with van der Waals surface area (Å²) < 4.78 is 5.08. The van der Waals surface area contributed by atoms with E-state index in [1.807, 2.05) is 18.2 Å². The van der Waals surface area contributed by atoms with Gasteiger partial charge in [0.25, 0.3) is 5.56 Å². The van der Waals surface area contributed by atoms with Crippen LogP contribution >= 0.6 is 0 Å². The quantitative estimate of drug-likeness (QED) is 0.841. The number of benzene rings is 1. The third-order valence-electron chi connectivity index (χ3n) is 2.42. The molecule has 0 bridgehead atoms. The first kappa shape index (κ1) is 11.2. The summed E-state index contributed by atoms with van der Waals surface area (Å²) in [5.41, 5.74) is 0.759. The van der Waals surface area contributed by atoms with Crippen LogP contribution in [0.25, 0.3) is 11.3 Å². The molecule has 0 unspecified atom stereocenters. The molecule has 0 amide bonds. The number of aliphatic carboxylic acids is 1. The molecule has 0 atom stereocenters. The van der Waals surface area contributed by atoms with Crippen LogP contribution in [-0.4, -0.2) is 16.2 Å². The highest BCUT2D eigenvalue weighted by atomic mass is 16.5. The average molecular weight is 233 g/mol. The highest BCUT2D eigenvalue weighted by Gasteiger charge is 2.15. The van der Waals surface area contributed by atoms with Gasteiger partial charge in [-0.05, 0) is 6.42 Å². The number of carbonyl (C=O) groups is 1. The molecule has 5 nitrogen and oxygen atoms in total. The Morgan fingerprint density at radius 2 is 2.00 bits per heavy atom. The zero-order chi connectivity index (χ0) is 12.3. The molecule has 2 N–H and O–H groups in total. The van der Waals surface area contributed by atoms with Crippen LogP contribution in [0.15, 0.2) is 39.6 Å². The number of aromatic nitrogens is 1. The summed E-state index contributed by atoms with van der Waals surface area (Å²) >= 11 is 0. The Hall–Kier alpha value is -2.30. The van der Waals surface area contributed by atoms with Gasteiger partial charge in [-0.3, -0.25) is 9.59 Å². The highest BCUT2D eigenvalue weighted by Crippen LogP contribution is 2.21. The fourth-order valence-electron chi connectivity index (χ4n) is 1.61. The molecule has 17 heavy (non-hydrogen) atoms. The Bertz CT molecular complexity index is 568. The number of nitrogens with one attached hydrogen (secondary N) is 1. The van der Waals surface area contributed by atoms with Crippen LogP contribution in [0, 0.1) is 0 Å². The van der Waals surface area contributed by atoms with Crippen LogP contribution in [0.1, 0.15) is 12.0 Å². The van der Waals surface area contributed by atoms with Crippen LogP contribution in [-0.2, 0) is 11.2 Å². The van der Waals surface area contributed by atoms with Crippen LogP contribution in [0.2, 0.25) is 0 Å². The standard InChI is InChI=1S/C12H11NO4/c14-10(15)7-6-9-11(17-13-12(9)16)8-4-2-1-3-5-8/h1-5H,6-7H2,(H,13,16)(H,14,15). The van der Waals surface area contributed by atoms with E-state index in [-0.39, 0.29) is 18.4 Å². The molecule has 0 aliphatic rings. The summed E-state index contributed by atoms with van der Waals surface area (Å²) in [4.78, 5) is 22.0. The maximum atomic E-state index is 11.5. The van der Waals surface area contributed by atoms with Gasteiger partial charge in [0, 0.05) is 12.0 Å². The lowest BCUT2D eigenvalue weighted by Gasteiger charge is -1.98. The number of rotatable bonds is 4. The van der Waals surface area contributed by atoms with Crippen molar-refractivity contribution in [2.75, 3.05) is 0 Å². The van der Waals surface area contributed by atoms with Crippen molar-refractivity contribution in [2.45, 2.75) is 12.8 Å². The average Bonchev–Trinajstić information content (AvgIpc) is 2.69. The van der Waals surface area contributed by atoms with E-state index >= 15 is 0 Å². The second-order valence-electron chi connectivity index (χ2n) is 3.60. The van der Waals surface area contributed by atoms with E-state index in [2.05, 4.69) is 5.16 Å². The van der Waals surface area contributed by atoms with E-state index in [4.69, 9.17) is 9.63 Å². The van der Waals surface area contributed by atoms with E-state index in [0.717, 1.165) is 5.56 Å². The Kier molecular flexibility index (Phi) is 3.09. The topological polar surface area (TPSA) is 83.3 Å². The van der Waals surface area contributed by atoms with Crippen molar-refractivity contribution >= 4 is 5.97 Å². The molecule has 0 saturated heterocycles. The van der Waals surface area contributed by atoms with Gasteiger partial charge in [0.15, 0.2) is 5.76 Å². The number of carboxylic acids is 1.